The van der Waals surface area contributed by atoms with Crippen LogP contribution in [0.3, 0.4) is 0 Å². The maximum absolute atomic E-state index is 12.6. The first kappa shape index (κ1) is 23.6. The summed E-state index contributed by atoms with van der Waals surface area (Å²) >= 11 is 5.66. The molecule has 0 saturated carbocycles. The van der Waals surface area contributed by atoms with Gasteiger partial charge in [-0.2, -0.15) is 24.4 Å². The molecular weight excluding hydrogens is 392 g/mol. The molecule has 3 amide bonds. The molecule has 1 fully saturated rings. The lowest BCUT2D eigenvalue weighted by molar-refractivity contribution is -0.149. The second kappa shape index (κ2) is 11.4. The van der Waals surface area contributed by atoms with Gasteiger partial charge in [-0.05, 0) is 38.2 Å². The van der Waals surface area contributed by atoms with Crippen molar-refractivity contribution in [3.05, 3.63) is 0 Å². The number of amides is 3. The Labute approximate surface area is 168 Å². The molecule has 1 saturated heterocycles. The molecular formula is C16H28N4O5S2. The van der Waals surface area contributed by atoms with Crippen LogP contribution in [0.15, 0.2) is 0 Å². The van der Waals surface area contributed by atoms with Gasteiger partial charge in [0.25, 0.3) is 0 Å². The third-order valence-electron chi connectivity index (χ3n) is 4.34. The van der Waals surface area contributed by atoms with Gasteiger partial charge in [-0.25, -0.2) is 4.79 Å². The van der Waals surface area contributed by atoms with Crippen molar-refractivity contribution in [3.8, 4) is 0 Å². The van der Waals surface area contributed by atoms with Gasteiger partial charge in [-0.15, -0.1) is 0 Å². The van der Waals surface area contributed by atoms with E-state index in [4.69, 9.17) is 5.73 Å². The van der Waals surface area contributed by atoms with Gasteiger partial charge in [0, 0.05) is 12.3 Å². The molecule has 0 radical (unpaired) electrons. The molecule has 11 heteroatoms. The third-order valence-corrected chi connectivity index (χ3v) is 5.35. The van der Waals surface area contributed by atoms with Gasteiger partial charge in [0.1, 0.15) is 18.1 Å². The molecule has 1 rings (SSSR count). The Hall–Kier alpha value is -1.46. The zero-order valence-corrected chi connectivity index (χ0v) is 17.2. The van der Waals surface area contributed by atoms with Crippen molar-refractivity contribution < 1.29 is 24.3 Å². The Morgan fingerprint density at radius 1 is 1.30 bits per heavy atom. The van der Waals surface area contributed by atoms with Gasteiger partial charge in [-0.1, -0.05) is 0 Å². The van der Waals surface area contributed by atoms with Crippen LogP contribution in [0.4, 0.5) is 0 Å². The van der Waals surface area contributed by atoms with Crippen LogP contribution in [-0.4, -0.2) is 82.2 Å². The topological polar surface area (TPSA) is 142 Å². The number of hydrogen-bond acceptors (Lipinski definition) is 7. The lowest BCUT2D eigenvalue weighted by Gasteiger charge is -2.27. The Balaban J connectivity index is 2.62. The Morgan fingerprint density at radius 2 is 1.96 bits per heavy atom. The van der Waals surface area contributed by atoms with Crippen LogP contribution in [0, 0.1) is 0 Å². The highest BCUT2D eigenvalue weighted by molar-refractivity contribution is 7.98. The zero-order valence-electron chi connectivity index (χ0n) is 15.5. The number of thioether (sulfide) groups is 1. The number of carbonyl (C=O) groups excluding carboxylic acids is 3. The normalized spacial score (nSPS) is 19.9. The number of carboxylic acid groups (broad SMARTS) is 1. The van der Waals surface area contributed by atoms with E-state index in [-0.39, 0.29) is 5.75 Å². The van der Waals surface area contributed by atoms with E-state index >= 15 is 0 Å². The summed E-state index contributed by atoms with van der Waals surface area (Å²) < 4.78 is 0. The van der Waals surface area contributed by atoms with Gasteiger partial charge in [0.15, 0.2) is 0 Å². The van der Waals surface area contributed by atoms with Gasteiger partial charge in [0.05, 0.1) is 6.04 Å². The van der Waals surface area contributed by atoms with Crippen LogP contribution < -0.4 is 16.4 Å². The summed E-state index contributed by atoms with van der Waals surface area (Å²) in [6, 6.07) is -3.45. The number of hydrogen-bond donors (Lipinski definition) is 5. The number of likely N-dealkylation sites (tertiary alicyclic amines) is 1. The maximum Gasteiger partial charge on any atom is 0.326 e. The van der Waals surface area contributed by atoms with Crippen molar-refractivity contribution in [3.63, 3.8) is 0 Å². The van der Waals surface area contributed by atoms with E-state index in [0.717, 1.165) is 5.75 Å². The van der Waals surface area contributed by atoms with Gasteiger partial charge >= 0.3 is 5.97 Å². The van der Waals surface area contributed by atoms with Crippen molar-refractivity contribution >= 4 is 48.1 Å². The van der Waals surface area contributed by atoms with E-state index in [1.807, 2.05) is 6.26 Å². The molecule has 4 atom stereocenters. The molecule has 0 aromatic rings. The Bertz CT molecular complexity index is 563. The minimum absolute atomic E-state index is 0.0152. The number of nitrogens with two attached hydrogens (primary N) is 1. The fourth-order valence-electron chi connectivity index (χ4n) is 2.73. The number of nitrogens with one attached hydrogen (secondary N) is 2. The molecule has 5 N–H and O–H groups in total. The van der Waals surface area contributed by atoms with Gasteiger partial charge in [0.2, 0.25) is 17.7 Å². The van der Waals surface area contributed by atoms with Crippen molar-refractivity contribution in [2.24, 2.45) is 5.73 Å². The minimum atomic E-state index is -1.06. The molecule has 27 heavy (non-hydrogen) atoms. The number of carbonyl (C=O) groups is 4. The van der Waals surface area contributed by atoms with Crippen molar-refractivity contribution in [2.45, 2.75) is 50.4 Å². The van der Waals surface area contributed by atoms with E-state index in [2.05, 4.69) is 23.3 Å². The monoisotopic (exact) mass is 420 g/mol. The highest BCUT2D eigenvalue weighted by Gasteiger charge is 2.37. The van der Waals surface area contributed by atoms with Crippen molar-refractivity contribution in [1.29, 1.82) is 0 Å². The molecule has 0 bridgehead atoms. The van der Waals surface area contributed by atoms with Gasteiger partial charge < -0.3 is 26.4 Å². The van der Waals surface area contributed by atoms with Crippen LogP contribution in [0.5, 0.6) is 0 Å². The maximum atomic E-state index is 12.6. The predicted octanol–water partition coefficient (Wildman–Crippen LogP) is -0.938. The van der Waals surface area contributed by atoms with Crippen molar-refractivity contribution in [2.75, 3.05) is 24.3 Å². The quantitative estimate of drug-likeness (QED) is 0.287. The lowest BCUT2D eigenvalue weighted by Crippen LogP contribution is -2.57. The smallest absolute Gasteiger partial charge is 0.326 e. The average molecular weight is 421 g/mol. The Kier molecular flexibility index (Phi) is 9.95. The molecule has 1 aliphatic rings. The van der Waals surface area contributed by atoms with Crippen LogP contribution in [-0.2, 0) is 19.2 Å². The highest BCUT2D eigenvalue weighted by Crippen LogP contribution is 2.18. The molecule has 0 aromatic heterocycles. The zero-order chi connectivity index (χ0) is 20.6. The summed E-state index contributed by atoms with van der Waals surface area (Å²) in [6.07, 6.45) is 3.38. The van der Waals surface area contributed by atoms with Crippen molar-refractivity contribution in [1.82, 2.24) is 15.5 Å². The average Bonchev–Trinajstić information content (AvgIpc) is 3.13. The number of rotatable bonds is 10. The molecule has 154 valence electrons. The number of nitrogens with zero attached hydrogens (tertiary/aromatic N) is 1. The largest absolute Gasteiger partial charge is 0.480 e. The fraction of sp³-hybridized carbons (Fsp3) is 0.750. The van der Waals surface area contributed by atoms with Gasteiger partial charge in [-0.3, -0.25) is 14.4 Å². The molecule has 1 aliphatic heterocycles. The predicted molar refractivity (Wildman–Crippen MR) is 107 cm³/mol. The molecule has 1 heterocycles. The summed E-state index contributed by atoms with van der Waals surface area (Å²) in [4.78, 5) is 49.4. The van der Waals surface area contributed by atoms with Crippen LogP contribution >= 0.6 is 24.4 Å². The summed E-state index contributed by atoms with van der Waals surface area (Å²) in [7, 11) is 0. The van der Waals surface area contributed by atoms with E-state index in [9.17, 15) is 24.3 Å². The first-order chi connectivity index (χ1) is 12.7. The third kappa shape index (κ3) is 6.89. The van der Waals surface area contributed by atoms with Crippen LogP contribution in [0.1, 0.15) is 26.2 Å². The fourth-order valence-corrected chi connectivity index (χ4v) is 3.47. The molecule has 4 unspecified atom stereocenters. The first-order valence-electron chi connectivity index (χ1n) is 8.72. The molecule has 0 aromatic carbocycles. The standard InChI is InChI=1S/C16H28N4O5S2/c1-9(18-14(22)10(17)5-7-27-2)13(21)19-11(8-26)15(23)20-6-3-4-12(20)16(24)25/h9-12,26H,3-8,17H2,1-2H3,(H,18,22)(H,19,21)(H,24,25). The molecule has 0 spiro atoms. The van der Waals surface area contributed by atoms with Crippen LogP contribution in [0.25, 0.3) is 0 Å². The van der Waals surface area contributed by atoms with E-state index in [1.165, 1.54) is 11.8 Å². The van der Waals surface area contributed by atoms with E-state index < -0.39 is 47.9 Å². The summed E-state index contributed by atoms with van der Waals surface area (Å²) in [5.74, 6) is -1.80. The summed E-state index contributed by atoms with van der Waals surface area (Å²) in [5, 5.41) is 14.3. The number of aliphatic carboxylic acids is 1. The minimum Gasteiger partial charge on any atom is -0.480 e. The lowest BCUT2D eigenvalue weighted by atomic mass is 10.2. The molecule has 0 aliphatic carbocycles. The summed E-state index contributed by atoms with van der Waals surface area (Å²) in [5.41, 5.74) is 5.77. The second-order valence-electron chi connectivity index (χ2n) is 6.39. The Morgan fingerprint density at radius 3 is 2.52 bits per heavy atom. The van der Waals surface area contributed by atoms with E-state index in [1.54, 1.807) is 11.8 Å². The highest BCUT2D eigenvalue weighted by atomic mass is 32.2. The number of carboxylic acids is 1. The van der Waals surface area contributed by atoms with Crippen LogP contribution in [0.2, 0.25) is 0 Å². The second-order valence-corrected chi connectivity index (χ2v) is 7.74. The summed E-state index contributed by atoms with van der Waals surface area (Å²) in [6.45, 7) is 1.82. The number of thiol groups is 1. The molecule has 9 nitrogen and oxygen atoms in total. The SMILES string of the molecule is CSCCC(N)C(=O)NC(C)C(=O)NC(CS)C(=O)N1CCCC1C(=O)O. The first-order valence-corrected chi connectivity index (χ1v) is 10.7. The van der Waals surface area contributed by atoms with E-state index in [0.29, 0.717) is 25.8 Å².